The molecule has 0 radical (unpaired) electrons. The van der Waals surface area contributed by atoms with Crippen molar-refractivity contribution in [1.82, 2.24) is 10.2 Å². The van der Waals surface area contributed by atoms with E-state index >= 15 is 0 Å². The Bertz CT molecular complexity index is 270. The van der Waals surface area contributed by atoms with Crippen molar-refractivity contribution in [2.24, 2.45) is 5.92 Å². The zero-order valence-electron chi connectivity index (χ0n) is 10.3. The first-order valence-electron chi connectivity index (χ1n) is 6.27. The molecule has 2 heterocycles. The van der Waals surface area contributed by atoms with Gasteiger partial charge in [-0.1, -0.05) is 0 Å². The molecule has 2 aliphatic rings. The van der Waals surface area contributed by atoms with Gasteiger partial charge in [0, 0.05) is 12.1 Å². The Morgan fingerprint density at radius 1 is 1.56 bits per heavy atom. The van der Waals surface area contributed by atoms with E-state index in [1.54, 1.807) is 0 Å². The van der Waals surface area contributed by atoms with Gasteiger partial charge in [0.25, 0.3) is 0 Å². The maximum absolute atomic E-state index is 11.7. The largest absolute Gasteiger partial charge is 0.466 e. The lowest BCUT2D eigenvalue weighted by Crippen LogP contribution is -2.56. The van der Waals surface area contributed by atoms with Crippen molar-refractivity contribution >= 4 is 5.97 Å². The van der Waals surface area contributed by atoms with Gasteiger partial charge in [-0.3, -0.25) is 4.79 Å². The quantitative estimate of drug-likeness (QED) is 0.714. The number of nitrogens with one attached hydrogen (secondary N) is 1. The fourth-order valence-electron chi connectivity index (χ4n) is 3.17. The van der Waals surface area contributed by atoms with E-state index in [1.165, 1.54) is 13.0 Å². The Labute approximate surface area is 97.3 Å². The molecule has 1 N–H and O–H groups in total. The fourth-order valence-corrected chi connectivity index (χ4v) is 3.17. The summed E-state index contributed by atoms with van der Waals surface area (Å²) < 4.78 is 5.09. The van der Waals surface area contributed by atoms with E-state index in [-0.39, 0.29) is 11.5 Å². The second-order valence-corrected chi connectivity index (χ2v) is 4.92. The van der Waals surface area contributed by atoms with Crippen LogP contribution in [0.25, 0.3) is 0 Å². The van der Waals surface area contributed by atoms with Gasteiger partial charge in [-0.05, 0) is 45.8 Å². The minimum atomic E-state index is -0.0581. The summed E-state index contributed by atoms with van der Waals surface area (Å²) in [4.78, 5) is 14.2. The van der Waals surface area contributed by atoms with Gasteiger partial charge in [-0.25, -0.2) is 0 Å². The van der Waals surface area contributed by atoms with E-state index in [4.69, 9.17) is 4.74 Å². The molecular formula is C12H22N2O2. The molecule has 0 aromatic carbocycles. The summed E-state index contributed by atoms with van der Waals surface area (Å²) >= 11 is 0. The number of nitrogens with zero attached hydrogens (tertiary/aromatic N) is 1. The third-order valence-electron chi connectivity index (χ3n) is 4.19. The molecule has 2 fully saturated rings. The van der Waals surface area contributed by atoms with Crippen molar-refractivity contribution in [3.63, 3.8) is 0 Å². The molecule has 4 nitrogen and oxygen atoms in total. The molecule has 4 heteroatoms. The highest BCUT2D eigenvalue weighted by Gasteiger charge is 2.46. The van der Waals surface area contributed by atoms with Crippen LogP contribution in [0.1, 0.15) is 26.2 Å². The fraction of sp³-hybridized carbons (Fsp3) is 0.917. The molecule has 2 bridgehead atoms. The normalized spacial score (nSPS) is 37.4. The third-order valence-corrected chi connectivity index (χ3v) is 4.19. The van der Waals surface area contributed by atoms with Gasteiger partial charge in [-0.15, -0.1) is 0 Å². The van der Waals surface area contributed by atoms with Crippen LogP contribution in [-0.2, 0) is 9.53 Å². The van der Waals surface area contributed by atoms with Crippen LogP contribution in [0.3, 0.4) is 0 Å². The Morgan fingerprint density at radius 3 is 3.06 bits per heavy atom. The van der Waals surface area contributed by atoms with E-state index in [1.807, 2.05) is 14.0 Å². The predicted molar refractivity (Wildman–Crippen MR) is 62.2 cm³/mol. The number of rotatable bonds is 4. The van der Waals surface area contributed by atoms with Crippen molar-refractivity contribution in [2.45, 2.75) is 31.7 Å². The van der Waals surface area contributed by atoms with Crippen LogP contribution < -0.4 is 5.32 Å². The molecule has 92 valence electrons. The number of hydrogen-bond donors (Lipinski definition) is 1. The number of piperidine rings is 1. The molecule has 3 unspecified atom stereocenters. The summed E-state index contributed by atoms with van der Waals surface area (Å²) in [7, 11) is 1.98. The van der Waals surface area contributed by atoms with Crippen LogP contribution in [0.15, 0.2) is 0 Å². The average Bonchev–Trinajstić information content (AvgIpc) is 2.68. The lowest BCUT2D eigenvalue weighted by atomic mass is 9.76. The summed E-state index contributed by atoms with van der Waals surface area (Å²) in [5, 5.41) is 3.41. The summed E-state index contributed by atoms with van der Waals surface area (Å²) in [6.45, 7) is 5.78. The topological polar surface area (TPSA) is 41.6 Å². The molecule has 0 aromatic heterocycles. The second-order valence-electron chi connectivity index (χ2n) is 4.92. The first-order chi connectivity index (χ1) is 7.70. The Kier molecular flexibility index (Phi) is 3.50. The van der Waals surface area contributed by atoms with Crippen LogP contribution in [0.2, 0.25) is 0 Å². The molecule has 0 aliphatic carbocycles. The molecule has 0 saturated carbocycles. The first-order valence-corrected chi connectivity index (χ1v) is 6.27. The van der Waals surface area contributed by atoms with E-state index in [0.717, 1.165) is 19.5 Å². The molecule has 16 heavy (non-hydrogen) atoms. The monoisotopic (exact) mass is 226 g/mol. The van der Waals surface area contributed by atoms with Crippen molar-refractivity contribution in [3.8, 4) is 0 Å². The number of hydrogen-bond acceptors (Lipinski definition) is 4. The highest BCUT2D eigenvalue weighted by Crippen LogP contribution is 2.37. The number of carbonyl (C=O) groups excluding carboxylic acids is 1. The highest BCUT2D eigenvalue weighted by molar-refractivity contribution is 5.71. The van der Waals surface area contributed by atoms with Gasteiger partial charge in [-0.2, -0.15) is 0 Å². The Balaban J connectivity index is 2.03. The average molecular weight is 226 g/mol. The van der Waals surface area contributed by atoms with Gasteiger partial charge >= 0.3 is 5.97 Å². The van der Waals surface area contributed by atoms with Crippen molar-refractivity contribution in [1.29, 1.82) is 0 Å². The summed E-state index contributed by atoms with van der Waals surface area (Å²) in [5.41, 5.74) is -0.0146. The van der Waals surface area contributed by atoms with Gasteiger partial charge in [0.05, 0.1) is 13.0 Å². The molecular weight excluding hydrogens is 204 g/mol. The zero-order valence-corrected chi connectivity index (χ0v) is 10.3. The second kappa shape index (κ2) is 4.72. The van der Waals surface area contributed by atoms with Crippen LogP contribution >= 0.6 is 0 Å². The minimum Gasteiger partial charge on any atom is -0.466 e. The van der Waals surface area contributed by atoms with Crippen LogP contribution in [-0.4, -0.2) is 49.7 Å². The summed E-state index contributed by atoms with van der Waals surface area (Å²) in [5.74, 6) is 0.549. The zero-order chi connectivity index (χ0) is 11.6. The van der Waals surface area contributed by atoms with E-state index < -0.39 is 0 Å². The lowest BCUT2D eigenvalue weighted by Gasteiger charge is -2.42. The first kappa shape index (κ1) is 11.9. The highest BCUT2D eigenvalue weighted by atomic mass is 16.5. The molecule has 2 aliphatic heterocycles. The van der Waals surface area contributed by atoms with E-state index in [2.05, 4.69) is 10.2 Å². The maximum atomic E-state index is 11.7. The van der Waals surface area contributed by atoms with Crippen LogP contribution in [0, 0.1) is 5.92 Å². The van der Waals surface area contributed by atoms with Gasteiger partial charge in [0.15, 0.2) is 0 Å². The molecule has 0 aromatic rings. The lowest BCUT2D eigenvalue weighted by molar-refractivity contribution is -0.145. The maximum Gasteiger partial charge on any atom is 0.307 e. The van der Waals surface area contributed by atoms with Crippen LogP contribution in [0.5, 0.6) is 0 Å². The minimum absolute atomic E-state index is 0.0146. The number of ether oxygens (including phenoxy) is 1. The smallest absolute Gasteiger partial charge is 0.307 e. The molecule has 2 saturated heterocycles. The Hall–Kier alpha value is -0.610. The van der Waals surface area contributed by atoms with Crippen molar-refractivity contribution in [2.75, 3.05) is 33.3 Å². The predicted octanol–water partition coefficient (Wildman–Crippen LogP) is 0.623. The molecule has 0 spiro atoms. The Morgan fingerprint density at radius 2 is 2.38 bits per heavy atom. The van der Waals surface area contributed by atoms with Gasteiger partial charge in [0.2, 0.25) is 0 Å². The van der Waals surface area contributed by atoms with Gasteiger partial charge < -0.3 is 15.0 Å². The molecule has 3 atom stereocenters. The SMILES string of the molecule is CCOC(=O)CC1(NC)CCN2CCC1C2. The molecule has 2 rings (SSSR count). The number of fused-ring (bicyclic) bond motifs is 2. The van der Waals surface area contributed by atoms with E-state index in [9.17, 15) is 4.79 Å². The van der Waals surface area contributed by atoms with Crippen LogP contribution in [0.4, 0.5) is 0 Å². The number of carbonyl (C=O) groups is 1. The van der Waals surface area contributed by atoms with Crippen molar-refractivity contribution in [3.05, 3.63) is 0 Å². The molecule has 0 amide bonds. The number of esters is 1. The van der Waals surface area contributed by atoms with Crippen molar-refractivity contribution < 1.29 is 9.53 Å². The summed E-state index contributed by atoms with van der Waals surface area (Å²) in [6, 6.07) is 0. The summed E-state index contributed by atoms with van der Waals surface area (Å²) in [6.07, 6.45) is 2.79. The van der Waals surface area contributed by atoms with Gasteiger partial charge in [0.1, 0.15) is 0 Å². The standard InChI is InChI=1S/C12H22N2O2/c1-3-16-11(15)8-12(13-2)5-7-14-6-4-10(12)9-14/h10,13H,3-9H2,1-2H3. The third kappa shape index (κ3) is 2.09. The van der Waals surface area contributed by atoms with E-state index in [0.29, 0.717) is 18.9 Å².